The van der Waals surface area contributed by atoms with Gasteiger partial charge in [0.2, 0.25) is 11.8 Å². The zero-order valence-electron chi connectivity index (χ0n) is 16.5. The van der Waals surface area contributed by atoms with Gasteiger partial charge in [-0.15, -0.1) is 11.3 Å². The molecule has 7 heteroatoms. The van der Waals surface area contributed by atoms with Crippen LogP contribution in [0, 0.1) is 5.92 Å². The molecule has 1 aliphatic heterocycles. The Morgan fingerprint density at radius 2 is 2.07 bits per heavy atom. The third-order valence-corrected chi connectivity index (χ3v) is 6.67. The molecule has 2 amide bonds. The highest BCUT2D eigenvalue weighted by Crippen LogP contribution is 2.30. The van der Waals surface area contributed by atoms with E-state index in [1.807, 2.05) is 17.2 Å². The number of nitrogens with one attached hydrogen (secondary N) is 1. The summed E-state index contributed by atoms with van der Waals surface area (Å²) in [5.74, 6) is 0.612. The average Bonchev–Trinajstić information content (AvgIpc) is 3.21. The maximum absolute atomic E-state index is 13.5. The van der Waals surface area contributed by atoms with Crippen molar-refractivity contribution in [3.8, 4) is 0 Å². The Kier molecular flexibility index (Phi) is 7.24. The minimum atomic E-state index is -0.157. The summed E-state index contributed by atoms with van der Waals surface area (Å²) in [6.45, 7) is 6.10. The van der Waals surface area contributed by atoms with Crippen LogP contribution in [-0.4, -0.2) is 53.4 Å². The minimum Gasteiger partial charge on any atom is -0.356 e. The summed E-state index contributed by atoms with van der Waals surface area (Å²) >= 11 is 1.56. The molecule has 2 fully saturated rings. The van der Waals surface area contributed by atoms with E-state index in [1.165, 1.54) is 19.3 Å². The second kappa shape index (κ2) is 9.64. The molecular weight excluding hydrogens is 360 g/mol. The quantitative estimate of drug-likeness (QED) is 0.808. The van der Waals surface area contributed by atoms with Gasteiger partial charge < -0.3 is 5.32 Å². The zero-order chi connectivity index (χ0) is 19.2. The molecule has 150 valence electrons. The van der Waals surface area contributed by atoms with Crippen molar-refractivity contribution in [2.75, 3.05) is 24.5 Å². The fraction of sp³-hybridized carbons (Fsp3) is 0.750. The molecule has 2 unspecified atom stereocenters. The summed E-state index contributed by atoms with van der Waals surface area (Å²) in [6.07, 6.45) is 9.76. The van der Waals surface area contributed by atoms with E-state index in [9.17, 15) is 9.59 Å². The van der Waals surface area contributed by atoms with Gasteiger partial charge in [0.25, 0.3) is 0 Å². The Hall–Kier alpha value is -1.47. The first-order chi connectivity index (χ1) is 13.1. The number of hydrogen-bond acceptors (Lipinski definition) is 5. The molecule has 1 aliphatic carbocycles. The highest BCUT2D eigenvalue weighted by molar-refractivity contribution is 7.13. The van der Waals surface area contributed by atoms with E-state index in [2.05, 4.69) is 15.2 Å². The highest BCUT2D eigenvalue weighted by Gasteiger charge is 2.35. The van der Waals surface area contributed by atoms with E-state index >= 15 is 0 Å². The number of rotatable bonds is 6. The summed E-state index contributed by atoms with van der Waals surface area (Å²) in [7, 11) is 0. The van der Waals surface area contributed by atoms with E-state index < -0.39 is 0 Å². The van der Waals surface area contributed by atoms with Gasteiger partial charge in [0.15, 0.2) is 5.13 Å². The predicted molar refractivity (Wildman–Crippen MR) is 109 cm³/mol. The van der Waals surface area contributed by atoms with Gasteiger partial charge in [-0.3, -0.25) is 19.4 Å². The summed E-state index contributed by atoms with van der Waals surface area (Å²) in [5, 5.41) is 5.72. The van der Waals surface area contributed by atoms with Gasteiger partial charge in [-0.25, -0.2) is 4.98 Å². The molecule has 2 aliphatic rings. The van der Waals surface area contributed by atoms with Crippen LogP contribution >= 0.6 is 11.3 Å². The first kappa shape index (κ1) is 20.3. The molecule has 1 aromatic rings. The predicted octanol–water partition coefficient (Wildman–Crippen LogP) is 3.05. The van der Waals surface area contributed by atoms with Gasteiger partial charge in [0.05, 0.1) is 6.04 Å². The molecule has 2 heterocycles. The van der Waals surface area contributed by atoms with Gasteiger partial charge in [-0.2, -0.15) is 0 Å². The van der Waals surface area contributed by atoms with E-state index in [4.69, 9.17) is 0 Å². The lowest BCUT2D eigenvalue weighted by molar-refractivity contribution is -0.125. The first-order valence-electron chi connectivity index (χ1n) is 10.3. The summed E-state index contributed by atoms with van der Waals surface area (Å²) < 4.78 is 0. The lowest BCUT2D eigenvalue weighted by Gasteiger charge is -2.40. The van der Waals surface area contributed by atoms with E-state index in [-0.39, 0.29) is 23.9 Å². The molecule has 0 aromatic carbocycles. The molecule has 2 atom stereocenters. The van der Waals surface area contributed by atoms with E-state index in [1.54, 1.807) is 24.5 Å². The van der Waals surface area contributed by atoms with Crippen molar-refractivity contribution in [1.82, 2.24) is 15.2 Å². The van der Waals surface area contributed by atoms with Crippen LogP contribution in [0.3, 0.4) is 0 Å². The Morgan fingerprint density at radius 1 is 1.30 bits per heavy atom. The van der Waals surface area contributed by atoms with Gasteiger partial charge in [-0.1, -0.05) is 19.3 Å². The molecule has 6 nitrogen and oxygen atoms in total. The number of anilines is 1. The number of thiazole rings is 1. The smallest absolute Gasteiger partial charge is 0.246 e. The largest absolute Gasteiger partial charge is 0.356 e. The molecule has 1 saturated heterocycles. The number of carbonyl (C=O) groups is 2. The van der Waals surface area contributed by atoms with Gasteiger partial charge in [-0.05, 0) is 45.1 Å². The van der Waals surface area contributed by atoms with Crippen molar-refractivity contribution < 1.29 is 9.59 Å². The van der Waals surface area contributed by atoms with Crippen LogP contribution in [-0.2, 0) is 9.59 Å². The Balaban J connectivity index is 1.68. The number of nitrogens with zero attached hydrogens (tertiary/aromatic N) is 3. The SMILES string of the molecule is CC(=O)NCC1CCCN(C(C)C(=O)N(c2nccs2)C2CCCCC2)C1. The molecule has 3 rings (SSSR count). The molecule has 1 N–H and O–H groups in total. The maximum atomic E-state index is 13.5. The van der Waals surface area contributed by atoms with Crippen LogP contribution < -0.4 is 10.2 Å². The first-order valence-corrected chi connectivity index (χ1v) is 11.1. The van der Waals surface area contributed by atoms with Crippen molar-refractivity contribution in [3.63, 3.8) is 0 Å². The van der Waals surface area contributed by atoms with Crippen molar-refractivity contribution in [2.45, 2.75) is 70.9 Å². The number of aromatic nitrogens is 1. The monoisotopic (exact) mass is 392 g/mol. The zero-order valence-corrected chi connectivity index (χ0v) is 17.3. The highest BCUT2D eigenvalue weighted by atomic mass is 32.1. The average molecular weight is 393 g/mol. The Labute approximate surface area is 166 Å². The van der Waals surface area contributed by atoms with E-state index in [0.29, 0.717) is 12.5 Å². The van der Waals surface area contributed by atoms with Crippen LogP contribution in [0.15, 0.2) is 11.6 Å². The summed E-state index contributed by atoms with van der Waals surface area (Å²) in [5.41, 5.74) is 0. The number of hydrogen-bond donors (Lipinski definition) is 1. The number of carbonyl (C=O) groups excluding carboxylic acids is 2. The fourth-order valence-electron chi connectivity index (χ4n) is 4.37. The molecule has 0 bridgehead atoms. The molecular formula is C20H32N4O2S. The second-order valence-electron chi connectivity index (χ2n) is 7.93. The fourth-order valence-corrected chi connectivity index (χ4v) is 5.08. The summed E-state index contributed by atoms with van der Waals surface area (Å²) in [4.78, 5) is 33.5. The molecule has 1 saturated carbocycles. The normalized spacial score (nSPS) is 23.0. The lowest BCUT2D eigenvalue weighted by atomic mass is 9.93. The molecule has 0 spiro atoms. The van der Waals surface area contributed by atoms with Crippen molar-refractivity contribution >= 4 is 28.3 Å². The third-order valence-electron chi connectivity index (χ3n) is 5.90. The minimum absolute atomic E-state index is 0.0171. The standard InChI is InChI=1S/C20H32N4O2S/c1-15(23-11-6-7-17(14-23)13-22-16(2)25)19(26)24(20-21-10-12-27-20)18-8-4-3-5-9-18/h10,12,15,17-18H,3-9,11,13-14H2,1-2H3,(H,22,25). The molecule has 1 aromatic heterocycles. The topological polar surface area (TPSA) is 65.5 Å². The van der Waals surface area contributed by atoms with Crippen molar-refractivity contribution in [3.05, 3.63) is 11.6 Å². The van der Waals surface area contributed by atoms with Gasteiger partial charge in [0.1, 0.15) is 0 Å². The molecule has 0 radical (unpaired) electrons. The van der Waals surface area contributed by atoms with Crippen LogP contribution in [0.4, 0.5) is 5.13 Å². The van der Waals surface area contributed by atoms with Crippen molar-refractivity contribution in [2.24, 2.45) is 5.92 Å². The van der Waals surface area contributed by atoms with Crippen molar-refractivity contribution in [1.29, 1.82) is 0 Å². The van der Waals surface area contributed by atoms with Crippen LogP contribution in [0.5, 0.6) is 0 Å². The van der Waals surface area contributed by atoms with Gasteiger partial charge >= 0.3 is 0 Å². The number of amides is 2. The Bertz CT molecular complexity index is 616. The second-order valence-corrected chi connectivity index (χ2v) is 8.80. The van der Waals surface area contributed by atoms with E-state index in [0.717, 1.165) is 43.9 Å². The Morgan fingerprint density at radius 3 is 2.74 bits per heavy atom. The number of likely N-dealkylation sites (tertiary alicyclic amines) is 1. The lowest BCUT2D eigenvalue weighted by Crippen LogP contribution is -2.54. The van der Waals surface area contributed by atoms with Crippen LogP contribution in [0.1, 0.15) is 58.8 Å². The van der Waals surface area contributed by atoms with Gasteiger partial charge in [0, 0.05) is 37.6 Å². The maximum Gasteiger partial charge on any atom is 0.246 e. The number of piperidine rings is 1. The van der Waals surface area contributed by atoms with Crippen LogP contribution in [0.2, 0.25) is 0 Å². The molecule has 27 heavy (non-hydrogen) atoms. The summed E-state index contributed by atoms with van der Waals surface area (Å²) in [6, 6.07) is 0.121. The third kappa shape index (κ3) is 5.29. The van der Waals surface area contributed by atoms with Crippen LogP contribution in [0.25, 0.3) is 0 Å².